The fourth-order valence-corrected chi connectivity index (χ4v) is 2.77. The zero-order chi connectivity index (χ0) is 21.1. The molecule has 0 atom stereocenters. The van der Waals surface area contributed by atoms with Crippen molar-refractivity contribution in [3.8, 4) is 5.75 Å². The number of ether oxygens (including phenoxy) is 2. The van der Waals surface area contributed by atoms with Crippen LogP contribution in [0.1, 0.15) is 21.5 Å². The second-order valence-electron chi connectivity index (χ2n) is 6.29. The predicted octanol–water partition coefficient (Wildman–Crippen LogP) is 4.53. The summed E-state index contributed by atoms with van der Waals surface area (Å²) in [5, 5.41) is 0. The SMILES string of the molecule is O=C1OC(c2cccc(F)c2)=N/C1=C\c1cccc(OC(=O)c2ccccc2F)c1. The van der Waals surface area contributed by atoms with Crippen molar-refractivity contribution in [1.82, 2.24) is 0 Å². The monoisotopic (exact) mass is 405 g/mol. The molecular weight excluding hydrogens is 392 g/mol. The van der Waals surface area contributed by atoms with E-state index in [0.29, 0.717) is 11.1 Å². The number of esters is 2. The van der Waals surface area contributed by atoms with Gasteiger partial charge in [0.2, 0.25) is 5.90 Å². The van der Waals surface area contributed by atoms with Crippen molar-refractivity contribution < 1.29 is 27.8 Å². The highest BCUT2D eigenvalue weighted by Crippen LogP contribution is 2.22. The Kier molecular flexibility index (Phi) is 5.17. The van der Waals surface area contributed by atoms with Crippen LogP contribution in [0.5, 0.6) is 5.75 Å². The third-order valence-electron chi connectivity index (χ3n) is 4.16. The summed E-state index contributed by atoms with van der Waals surface area (Å²) < 4.78 is 37.4. The van der Waals surface area contributed by atoms with Crippen LogP contribution in [0.4, 0.5) is 8.78 Å². The van der Waals surface area contributed by atoms with Gasteiger partial charge in [-0.1, -0.05) is 30.3 Å². The lowest BCUT2D eigenvalue weighted by molar-refractivity contribution is -0.129. The number of carbonyl (C=O) groups excluding carboxylic acids is 2. The number of carbonyl (C=O) groups is 2. The minimum Gasteiger partial charge on any atom is -0.423 e. The van der Waals surface area contributed by atoms with E-state index in [2.05, 4.69) is 4.99 Å². The van der Waals surface area contributed by atoms with Gasteiger partial charge in [0.05, 0.1) is 5.56 Å². The zero-order valence-electron chi connectivity index (χ0n) is 15.3. The van der Waals surface area contributed by atoms with E-state index in [1.165, 1.54) is 54.6 Å². The van der Waals surface area contributed by atoms with E-state index >= 15 is 0 Å². The lowest BCUT2D eigenvalue weighted by Gasteiger charge is -2.06. The van der Waals surface area contributed by atoms with Crippen molar-refractivity contribution in [1.29, 1.82) is 0 Å². The van der Waals surface area contributed by atoms with Crippen LogP contribution in [0.25, 0.3) is 6.08 Å². The average Bonchev–Trinajstić information content (AvgIpc) is 3.09. The molecule has 0 N–H and O–H groups in total. The van der Waals surface area contributed by atoms with Crippen LogP contribution < -0.4 is 4.74 Å². The van der Waals surface area contributed by atoms with Crippen molar-refractivity contribution in [3.05, 3.63) is 107 Å². The normalized spacial score (nSPS) is 14.4. The van der Waals surface area contributed by atoms with Crippen molar-refractivity contribution in [2.45, 2.75) is 0 Å². The third-order valence-corrected chi connectivity index (χ3v) is 4.16. The molecule has 0 amide bonds. The number of nitrogens with zero attached hydrogens (tertiary/aromatic N) is 1. The molecule has 0 saturated heterocycles. The predicted molar refractivity (Wildman–Crippen MR) is 105 cm³/mol. The number of halogens is 2. The molecule has 0 fully saturated rings. The number of cyclic esters (lactones) is 1. The molecule has 30 heavy (non-hydrogen) atoms. The standard InChI is InChI=1S/C23H13F2NO4/c24-16-7-4-6-15(13-16)21-26-20(23(28)30-21)12-14-5-3-8-17(11-14)29-22(27)18-9-1-2-10-19(18)25/h1-13H/b20-12-. The molecule has 1 aliphatic heterocycles. The fourth-order valence-electron chi connectivity index (χ4n) is 2.77. The molecule has 1 aliphatic rings. The van der Waals surface area contributed by atoms with Gasteiger partial charge in [0.1, 0.15) is 17.4 Å². The highest BCUT2D eigenvalue weighted by atomic mass is 19.1. The molecule has 0 aliphatic carbocycles. The molecular formula is C23H13F2NO4. The van der Waals surface area contributed by atoms with Crippen molar-refractivity contribution in [2.24, 2.45) is 4.99 Å². The summed E-state index contributed by atoms with van der Waals surface area (Å²) in [4.78, 5) is 28.4. The first kappa shape index (κ1) is 19.2. The van der Waals surface area contributed by atoms with Gasteiger partial charge in [-0.25, -0.2) is 23.4 Å². The third kappa shape index (κ3) is 4.15. The highest BCUT2D eigenvalue weighted by molar-refractivity contribution is 6.12. The average molecular weight is 405 g/mol. The van der Waals surface area contributed by atoms with E-state index < -0.39 is 23.6 Å². The molecule has 0 saturated carbocycles. The summed E-state index contributed by atoms with van der Waals surface area (Å²) in [7, 11) is 0. The molecule has 0 spiro atoms. The number of benzene rings is 3. The quantitative estimate of drug-likeness (QED) is 0.364. The molecule has 3 aromatic rings. The maximum absolute atomic E-state index is 13.7. The van der Waals surface area contributed by atoms with Gasteiger partial charge < -0.3 is 9.47 Å². The number of hydrogen-bond acceptors (Lipinski definition) is 5. The number of rotatable bonds is 4. The van der Waals surface area contributed by atoms with Gasteiger partial charge in [0.15, 0.2) is 5.70 Å². The zero-order valence-corrected chi connectivity index (χ0v) is 15.3. The van der Waals surface area contributed by atoms with E-state index in [9.17, 15) is 18.4 Å². The van der Waals surface area contributed by atoms with Gasteiger partial charge in [-0.2, -0.15) is 0 Å². The van der Waals surface area contributed by atoms with Gasteiger partial charge in [-0.05, 0) is 54.1 Å². The maximum atomic E-state index is 13.7. The maximum Gasteiger partial charge on any atom is 0.363 e. The molecule has 148 valence electrons. The first-order valence-electron chi connectivity index (χ1n) is 8.85. The minimum atomic E-state index is -0.843. The second kappa shape index (κ2) is 8.08. The van der Waals surface area contributed by atoms with Crippen molar-refractivity contribution >= 4 is 23.9 Å². The molecule has 7 heteroatoms. The fraction of sp³-hybridized carbons (Fsp3) is 0. The summed E-state index contributed by atoms with van der Waals surface area (Å²) >= 11 is 0. The van der Waals surface area contributed by atoms with E-state index in [4.69, 9.17) is 9.47 Å². The molecule has 4 rings (SSSR count). The Bertz CT molecular complexity index is 1220. The van der Waals surface area contributed by atoms with E-state index in [1.54, 1.807) is 18.2 Å². The first-order valence-corrected chi connectivity index (χ1v) is 8.85. The number of aliphatic imine (C=N–C) groups is 1. The Balaban J connectivity index is 1.57. The van der Waals surface area contributed by atoms with E-state index in [-0.39, 0.29) is 22.9 Å². The summed E-state index contributed by atoms with van der Waals surface area (Å²) in [6.07, 6.45) is 1.44. The van der Waals surface area contributed by atoms with Crippen molar-refractivity contribution in [2.75, 3.05) is 0 Å². The Morgan fingerprint density at radius 3 is 2.57 bits per heavy atom. The summed E-state index contributed by atoms with van der Waals surface area (Å²) in [5.74, 6) is -2.54. The van der Waals surface area contributed by atoms with Crippen LogP contribution in [-0.4, -0.2) is 17.8 Å². The van der Waals surface area contributed by atoms with Gasteiger partial charge >= 0.3 is 11.9 Å². The molecule has 0 radical (unpaired) electrons. The number of hydrogen-bond donors (Lipinski definition) is 0. The Morgan fingerprint density at radius 2 is 1.77 bits per heavy atom. The smallest absolute Gasteiger partial charge is 0.363 e. The Hall–Kier alpha value is -4.13. The Labute approximate surface area is 169 Å². The molecule has 0 aromatic heterocycles. The summed E-state index contributed by atoms with van der Waals surface area (Å²) in [6.45, 7) is 0. The second-order valence-corrected chi connectivity index (χ2v) is 6.29. The topological polar surface area (TPSA) is 65.0 Å². The van der Waals surface area contributed by atoms with Crippen LogP contribution in [0.2, 0.25) is 0 Å². The van der Waals surface area contributed by atoms with Crippen molar-refractivity contribution in [3.63, 3.8) is 0 Å². The molecule has 0 unspecified atom stereocenters. The molecule has 0 bridgehead atoms. The molecule has 1 heterocycles. The van der Waals surface area contributed by atoms with Gasteiger partial charge in [0.25, 0.3) is 0 Å². The lowest BCUT2D eigenvalue weighted by atomic mass is 10.2. The van der Waals surface area contributed by atoms with Gasteiger partial charge in [-0.15, -0.1) is 0 Å². The van der Waals surface area contributed by atoms with Crippen LogP contribution in [0.3, 0.4) is 0 Å². The summed E-state index contributed by atoms with van der Waals surface area (Å²) in [6, 6.07) is 17.3. The van der Waals surface area contributed by atoms with Crippen LogP contribution in [-0.2, 0) is 9.53 Å². The van der Waals surface area contributed by atoms with E-state index in [0.717, 1.165) is 6.07 Å². The molecule has 5 nitrogen and oxygen atoms in total. The lowest BCUT2D eigenvalue weighted by Crippen LogP contribution is -2.10. The summed E-state index contributed by atoms with van der Waals surface area (Å²) in [5.41, 5.74) is 0.654. The van der Waals surface area contributed by atoms with Crippen LogP contribution >= 0.6 is 0 Å². The van der Waals surface area contributed by atoms with Gasteiger partial charge in [-0.3, -0.25) is 0 Å². The first-order chi connectivity index (χ1) is 14.5. The van der Waals surface area contributed by atoms with Gasteiger partial charge in [0, 0.05) is 5.56 Å². The van der Waals surface area contributed by atoms with Crippen LogP contribution in [0, 0.1) is 11.6 Å². The molecule has 3 aromatic carbocycles. The largest absolute Gasteiger partial charge is 0.423 e. The Morgan fingerprint density at radius 1 is 0.967 bits per heavy atom. The minimum absolute atomic E-state index is 0.00633. The van der Waals surface area contributed by atoms with E-state index in [1.807, 2.05) is 0 Å². The highest BCUT2D eigenvalue weighted by Gasteiger charge is 2.24. The van der Waals surface area contributed by atoms with Crippen LogP contribution in [0.15, 0.2) is 83.5 Å².